The number of nitrogen functional groups attached to an aromatic ring is 1. The third-order valence-corrected chi connectivity index (χ3v) is 5.84. The van der Waals surface area contributed by atoms with Crippen LogP contribution >= 0.6 is 27.3 Å². The Labute approximate surface area is 136 Å². The van der Waals surface area contributed by atoms with Crippen molar-refractivity contribution in [2.24, 2.45) is 0 Å². The predicted molar refractivity (Wildman–Crippen MR) is 90.5 cm³/mol. The van der Waals surface area contributed by atoms with Gasteiger partial charge < -0.3 is 10.6 Å². The molecule has 1 aliphatic carbocycles. The normalized spacial score (nSPS) is 14.2. The number of para-hydroxylation sites is 1. The van der Waals surface area contributed by atoms with Gasteiger partial charge in [0.1, 0.15) is 0 Å². The molecule has 0 saturated heterocycles. The van der Waals surface area contributed by atoms with Gasteiger partial charge in [-0.15, -0.1) is 11.3 Å². The number of carbonyl (C=O) groups excluding carboxylic acids is 1. The van der Waals surface area contributed by atoms with Crippen LogP contribution in [0.25, 0.3) is 0 Å². The first-order chi connectivity index (χ1) is 10.1. The molecule has 2 N–H and O–H groups in total. The fourth-order valence-electron chi connectivity index (χ4n) is 2.32. The highest BCUT2D eigenvalue weighted by atomic mass is 79.9. The number of hydrogen-bond donors (Lipinski definition) is 1. The number of nitrogens with zero attached hydrogens (tertiary/aromatic N) is 1. The maximum absolute atomic E-state index is 12.8. The molecule has 3 nitrogen and oxygen atoms in total. The SMILES string of the molecule is Cc1cc(C(=O)N(Cc2ccccc2N)C2CC2)sc1Br. The van der Waals surface area contributed by atoms with Gasteiger partial charge in [0.05, 0.1) is 8.66 Å². The van der Waals surface area contributed by atoms with Crippen LogP contribution < -0.4 is 5.73 Å². The van der Waals surface area contributed by atoms with Crippen LogP contribution in [0, 0.1) is 6.92 Å². The van der Waals surface area contributed by atoms with Crippen molar-refractivity contribution in [1.82, 2.24) is 4.90 Å². The summed E-state index contributed by atoms with van der Waals surface area (Å²) in [7, 11) is 0. The summed E-state index contributed by atoms with van der Waals surface area (Å²) in [6.07, 6.45) is 2.17. The van der Waals surface area contributed by atoms with Gasteiger partial charge in [0.25, 0.3) is 5.91 Å². The van der Waals surface area contributed by atoms with Crippen LogP contribution in [0.15, 0.2) is 34.1 Å². The molecular formula is C16H17BrN2OS. The lowest BCUT2D eigenvalue weighted by molar-refractivity contribution is 0.0735. The van der Waals surface area contributed by atoms with E-state index in [2.05, 4.69) is 15.9 Å². The molecule has 1 aliphatic rings. The number of amides is 1. The van der Waals surface area contributed by atoms with Crippen molar-refractivity contribution in [2.45, 2.75) is 32.4 Å². The number of nitrogens with two attached hydrogens (primary N) is 1. The van der Waals surface area contributed by atoms with Crippen molar-refractivity contribution in [3.05, 3.63) is 50.1 Å². The Hall–Kier alpha value is -1.33. The molecule has 3 rings (SSSR count). The summed E-state index contributed by atoms with van der Waals surface area (Å²) in [4.78, 5) is 15.5. The van der Waals surface area contributed by atoms with Crippen LogP contribution in [0.5, 0.6) is 0 Å². The molecule has 1 amide bonds. The highest BCUT2D eigenvalue weighted by Crippen LogP contribution is 2.34. The van der Waals surface area contributed by atoms with Crippen LogP contribution in [-0.2, 0) is 6.54 Å². The minimum atomic E-state index is 0.111. The number of benzene rings is 1. The van der Waals surface area contributed by atoms with Crippen molar-refractivity contribution in [2.75, 3.05) is 5.73 Å². The second-order valence-corrected chi connectivity index (χ2v) is 7.80. The number of carbonyl (C=O) groups is 1. The molecule has 0 spiro atoms. The molecule has 1 fully saturated rings. The summed E-state index contributed by atoms with van der Waals surface area (Å²) in [6.45, 7) is 2.60. The Kier molecular flexibility index (Phi) is 4.04. The summed E-state index contributed by atoms with van der Waals surface area (Å²) in [5.74, 6) is 0.111. The van der Waals surface area contributed by atoms with Crippen molar-refractivity contribution >= 4 is 38.9 Å². The van der Waals surface area contributed by atoms with Gasteiger partial charge in [0, 0.05) is 18.3 Å². The lowest BCUT2D eigenvalue weighted by Gasteiger charge is -2.22. The fraction of sp³-hybridized carbons (Fsp3) is 0.312. The summed E-state index contributed by atoms with van der Waals surface area (Å²) >= 11 is 5.00. The largest absolute Gasteiger partial charge is 0.398 e. The van der Waals surface area contributed by atoms with Gasteiger partial charge in [-0.2, -0.15) is 0 Å². The van der Waals surface area contributed by atoms with E-state index >= 15 is 0 Å². The van der Waals surface area contributed by atoms with Gasteiger partial charge in [0.15, 0.2) is 0 Å². The average molecular weight is 365 g/mol. The molecule has 110 valence electrons. The summed E-state index contributed by atoms with van der Waals surface area (Å²) in [5, 5.41) is 0. The van der Waals surface area contributed by atoms with Gasteiger partial charge in [0.2, 0.25) is 0 Å². The van der Waals surface area contributed by atoms with Crippen LogP contribution in [0.3, 0.4) is 0 Å². The monoisotopic (exact) mass is 364 g/mol. The maximum atomic E-state index is 12.8. The van der Waals surface area contributed by atoms with Gasteiger partial charge in [-0.1, -0.05) is 18.2 Å². The van der Waals surface area contributed by atoms with Crippen molar-refractivity contribution in [3.63, 3.8) is 0 Å². The Bertz CT molecular complexity index is 659. The minimum Gasteiger partial charge on any atom is -0.398 e. The summed E-state index contributed by atoms with van der Waals surface area (Å²) in [6, 6.07) is 10.1. The zero-order chi connectivity index (χ0) is 15.0. The number of rotatable bonds is 4. The number of aryl methyl sites for hydroxylation is 1. The van der Waals surface area contributed by atoms with Gasteiger partial charge in [-0.25, -0.2) is 0 Å². The molecule has 5 heteroatoms. The predicted octanol–water partition coefficient (Wildman–Crippen LogP) is 4.21. The molecule has 0 radical (unpaired) electrons. The van der Waals surface area contributed by atoms with Crippen LogP contribution in [-0.4, -0.2) is 16.8 Å². The Morgan fingerprint density at radius 2 is 2.14 bits per heavy atom. The van der Waals surface area contributed by atoms with E-state index in [1.54, 1.807) is 0 Å². The van der Waals surface area contributed by atoms with E-state index in [4.69, 9.17) is 5.73 Å². The number of thiophene rings is 1. The smallest absolute Gasteiger partial charge is 0.264 e. The quantitative estimate of drug-likeness (QED) is 0.826. The van der Waals surface area contributed by atoms with Crippen molar-refractivity contribution in [1.29, 1.82) is 0 Å². The number of anilines is 1. The van der Waals surface area contributed by atoms with Crippen LogP contribution in [0.1, 0.15) is 33.6 Å². The molecule has 21 heavy (non-hydrogen) atoms. The lowest BCUT2D eigenvalue weighted by atomic mass is 10.1. The molecule has 0 bridgehead atoms. The molecule has 1 saturated carbocycles. The van der Waals surface area contributed by atoms with E-state index in [-0.39, 0.29) is 5.91 Å². The van der Waals surface area contributed by atoms with Crippen LogP contribution in [0.4, 0.5) is 5.69 Å². The zero-order valence-electron chi connectivity index (χ0n) is 11.8. The van der Waals surface area contributed by atoms with E-state index < -0.39 is 0 Å². The van der Waals surface area contributed by atoms with E-state index in [0.717, 1.165) is 38.3 Å². The van der Waals surface area contributed by atoms with E-state index in [9.17, 15) is 4.79 Å². The Morgan fingerprint density at radius 1 is 1.43 bits per heavy atom. The zero-order valence-corrected chi connectivity index (χ0v) is 14.2. The first-order valence-electron chi connectivity index (χ1n) is 6.96. The lowest BCUT2D eigenvalue weighted by Crippen LogP contribution is -2.32. The molecule has 2 aromatic rings. The number of hydrogen-bond acceptors (Lipinski definition) is 3. The molecule has 1 aromatic carbocycles. The van der Waals surface area contributed by atoms with Gasteiger partial charge in [-0.05, 0) is 59.0 Å². The highest BCUT2D eigenvalue weighted by Gasteiger charge is 2.34. The topological polar surface area (TPSA) is 46.3 Å². The molecule has 1 aromatic heterocycles. The molecular weight excluding hydrogens is 348 g/mol. The van der Waals surface area contributed by atoms with Crippen LogP contribution in [0.2, 0.25) is 0 Å². The fourth-order valence-corrected chi connectivity index (χ4v) is 3.81. The Morgan fingerprint density at radius 3 is 2.71 bits per heavy atom. The van der Waals surface area contributed by atoms with E-state index in [1.807, 2.05) is 42.2 Å². The summed E-state index contributed by atoms with van der Waals surface area (Å²) < 4.78 is 1.03. The van der Waals surface area contributed by atoms with E-state index in [1.165, 1.54) is 11.3 Å². The van der Waals surface area contributed by atoms with Crippen molar-refractivity contribution in [3.8, 4) is 0 Å². The first kappa shape index (κ1) is 14.6. The summed E-state index contributed by atoms with van der Waals surface area (Å²) in [5.41, 5.74) is 8.89. The maximum Gasteiger partial charge on any atom is 0.264 e. The average Bonchev–Trinajstić information content (AvgIpc) is 3.24. The van der Waals surface area contributed by atoms with E-state index in [0.29, 0.717) is 12.6 Å². The second-order valence-electron chi connectivity index (χ2n) is 5.43. The molecule has 0 aliphatic heterocycles. The third-order valence-electron chi connectivity index (χ3n) is 3.71. The highest BCUT2D eigenvalue weighted by molar-refractivity contribution is 9.11. The first-order valence-corrected chi connectivity index (χ1v) is 8.57. The Balaban J connectivity index is 1.85. The minimum absolute atomic E-state index is 0.111. The molecule has 0 unspecified atom stereocenters. The second kappa shape index (κ2) is 5.81. The third kappa shape index (κ3) is 3.14. The van der Waals surface area contributed by atoms with Crippen molar-refractivity contribution < 1.29 is 4.79 Å². The molecule has 1 heterocycles. The van der Waals surface area contributed by atoms with Gasteiger partial charge >= 0.3 is 0 Å². The standard InChI is InChI=1S/C16H17BrN2OS/c1-10-8-14(21-15(10)17)16(20)19(12-6-7-12)9-11-4-2-3-5-13(11)18/h2-5,8,12H,6-7,9,18H2,1H3. The van der Waals surface area contributed by atoms with Gasteiger partial charge in [-0.3, -0.25) is 4.79 Å². The number of halogens is 1. The molecule has 0 atom stereocenters.